The van der Waals surface area contributed by atoms with Crippen LogP contribution < -0.4 is 5.32 Å². The molecule has 2 fully saturated rings. The van der Waals surface area contributed by atoms with Crippen molar-refractivity contribution in [3.8, 4) is 0 Å². The largest absolute Gasteiger partial charge is 0.379 e. The summed E-state index contributed by atoms with van der Waals surface area (Å²) in [6, 6.07) is 7.39. The van der Waals surface area contributed by atoms with Gasteiger partial charge in [-0.25, -0.2) is 4.39 Å². The molecule has 2 aliphatic heterocycles. The van der Waals surface area contributed by atoms with Crippen LogP contribution >= 0.6 is 0 Å². The fourth-order valence-electron chi connectivity index (χ4n) is 4.07. The van der Waals surface area contributed by atoms with Crippen LogP contribution in [0.2, 0.25) is 0 Å². The third-order valence-electron chi connectivity index (χ3n) is 5.55. The van der Waals surface area contributed by atoms with Crippen molar-refractivity contribution in [2.45, 2.75) is 45.1 Å². The SMILES string of the molecule is CN=C(NCC(C)N1CCOCC1C)N1CC(C)OC(c2ccc(F)cc2)C1. The average Bonchev–Trinajstić information content (AvgIpc) is 2.69. The van der Waals surface area contributed by atoms with Crippen LogP contribution in [0.25, 0.3) is 0 Å². The first-order chi connectivity index (χ1) is 13.5. The molecule has 0 spiro atoms. The van der Waals surface area contributed by atoms with Gasteiger partial charge in [-0.05, 0) is 38.5 Å². The van der Waals surface area contributed by atoms with Gasteiger partial charge in [-0.3, -0.25) is 9.89 Å². The molecule has 2 aliphatic rings. The highest BCUT2D eigenvalue weighted by Crippen LogP contribution is 2.25. The molecule has 0 bridgehead atoms. The number of benzene rings is 1. The predicted octanol–water partition coefficient (Wildman–Crippen LogP) is 2.27. The van der Waals surface area contributed by atoms with Crippen LogP contribution in [0.3, 0.4) is 0 Å². The Morgan fingerprint density at radius 1 is 1.29 bits per heavy atom. The number of guanidine groups is 1. The van der Waals surface area contributed by atoms with E-state index in [2.05, 4.69) is 40.9 Å². The Morgan fingerprint density at radius 2 is 2.04 bits per heavy atom. The van der Waals surface area contributed by atoms with Gasteiger partial charge in [0.2, 0.25) is 0 Å². The molecule has 1 N–H and O–H groups in total. The van der Waals surface area contributed by atoms with Crippen LogP contribution in [0.5, 0.6) is 0 Å². The number of halogens is 1. The monoisotopic (exact) mass is 392 g/mol. The summed E-state index contributed by atoms with van der Waals surface area (Å²) in [5.74, 6) is 0.656. The normalized spacial score (nSPS) is 28.2. The van der Waals surface area contributed by atoms with Crippen LogP contribution in [0.4, 0.5) is 4.39 Å². The van der Waals surface area contributed by atoms with Crippen LogP contribution in [0.1, 0.15) is 32.4 Å². The van der Waals surface area contributed by atoms with Gasteiger partial charge < -0.3 is 19.7 Å². The van der Waals surface area contributed by atoms with Crippen molar-refractivity contribution < 1.29 is 13.9 Å². The van der Waals surface area contributed by atoms with Gasteiger partial charge in [0.05, 0.1) is 25.9 Å². The van der Waals surface area contributed by atoms with E-state index in [1.54, 1.807) is 12.1 Å². The summed E-state index contributed by atoms with van der Waals surface area (Å²) < 4.78 is 24.9. The van der Waals surface area contributed by atoms with Gasteiger partial charge in [0, 0.05) is 38.8 Å². The third kappa shape index (κ3) is 5.21. The number of nitrogens with zero attached hydrogens (tertiary/aromatic N) is 3. The van der Waals surface area contributed by atoms with E-state index in [0.717, 1.165) is 44.4 Å². The van der Waals surface area contributed by atoms with Crippen molar-refractivity contribution in [2.75, 3.05) is 46.4 Å². The van der Waals surface area contributed by atoms with Gasteiger partial charge in [-0.1, -0.05) is 12.1 Å². The second-order valence-electron chi connectivity index (χ2n) is 7.83. The lowest BCUT2D eigenvalue weighted by Crippen LogP contribution is -2.55. The Balaban J connectivity index is 1.60. The summed E-state index contributed by atoms with van der Waals surface area (Å²) in [4.78, 5) is 9.21. The molecule has 0 radical (unpaired) electrons. The van der Waals surface area contributed by atoms with Crippen molar-refractivity contribution in [2.24, 2.45) is 4.99 Å². The lowest BCUT2D eigenvalue weighted by molar-refractivity contribution is -0.0607. The number of morpholine rings is 2. The molecule has 4 unspecified atom stereocenters. The van der Waals surface area contributed by atoms with Gasteiger partial charge in [0.25, 0.3) is 0 Å². The smallest absolute Gasteiger partial charge is 0.193 e. The molecule has 0 aliphatic carbocycles. The van der Waals surface area contributed by atoms with E-state index in [9.17, 15) is 4.39 Å². The zero-order valence-electron chi connectivity index (χ0n) is 17.4. The van der Waals surface area contributed by atoms with Crippen LogP contribution in [0.15, 0.2) is 29.3 Å². The van der Waals surface area contributed by atoms with Gasteiger partial charge in [-0.15, -0.1) is 0 Å². The summed E-state index contributed by atoms with van der Waals surface area (Å²) >= 11 is 0. The Kier molecular flexibility index (Phi) is 7.26. The predicted molar refractivity (Wildman–Crippen MR) is 109 cm³/mol. The van der Waals surface area contributed by atoms with Crippen LogP contribution in [-0.4, -0.2) is 80.4 Å². The summed E-state index contributed by atoms with van der Waals surface area (Å²) in [5, 5.41) is 3.54. The first-order valence-electron chi connectivity index (χ1n) is 10.2. The topological polar surface area (TPSA) is 49.3 Å². The quantitative estimate of drug-likeness (QED) is 0.629. The van der Waals surface area contributed by atoms with Gasteiger partial charge in [-0.2, -0.15) is 0 Å². The molecule has 3 rings (SSSR count). The van der Waals surface area contributed by atoms with Crippen LogP contribution in [-0.2, 0) is 9.47 Å². The summed E-state index contributed by atoms with van der Waals surface area (Å²) in [6.07, 6.45) is -0.0290. The van der Waals surface area contributed by atoms with Crippen molar-refractivity contribution in [1.82, 2.24) is 15.1 Å². The fourth-order valence-corrected chi connectivity index (χ4v) is 4.07. The second-order valence-corrected chi connectivity index (χ2v) is 7.83. The van der Waals surface area contributed by atoms with Gasteiger partial charge in [0.15, 0.2) is 5.96 Å². The highest BCUT2D eigenvalue weighted by molar-refractivity contribution is 5.80. The van der Waals surface area contributed by atoms with Crippen molar-refractivity contribution in [3.63, 3.8) is 0 Å². The Hall–Kier alpha value is -1.70. The summed E-state index contributed by atoms with van der Waals surface area (Å²) in [5.41, 5.74) is 0.990. The van der Waals surface area contributed by atoms with Gasteiger partial charge >= 0.3 is 0 Å². The van der Waals surface area contributed by atoms with E-state index < -0.39 is 0 Å². The third-order valence-corrected chi connectivity index (χ3v) is 5.55. The molecular weight excluding hydrogens is 359 g/mol. The highest BCUT2D eigenvalue weighted by atomic mass is 19.1. The van der Waals surface area contributed by atoms with Crippen LogP contribution in [0, 0.1) is 5.82 Å². The highest BCUT2D eigenvalue weighted by Gasteiger charge is 2.29. The molecule has 2 saturated heterocycles. The van der Waals surface area contributed by atoms with E-state index in [4.69, 9.17) is 9.47 Å². The lowest BCUT2D eigenvalue weighted by atomic mass is 10.1. The molecule has 0 saturated carbocycles. The molecule has 7 heteroatoms. The number of ether oxygens (including phenoxy) is 2. The van der Waals surface area contributed by atoms with Crippen molar-refractivity contribution in [3.05, 3.63) is 35.6 Å². The molecule has 2 heterocycles. The van der Waals surface area contributed by atoms with Gasteiger partial charge in [0.1, 0.15) is 11.9 Å². The maximum atomic E-state index is 13.3. The molecule has 6 nitrogen and oxygen atoms in total. The Labute approximate surface area is 167 Å². The first-order valence-corrected chi connectivity index (χ1v) is 10.2. The molecular formula is C21H33FN4O2. The molecule has 4 atom stereocenters. The number of nitrogens with one attached hydrogen (secondary N) is 1. The minimum absolute atomic E-state index is 0.0686. The summed E-state index contributed by atoms with van der Waals surface area (Å²) in [6.45, 7) is 11.4. The fraction of sp³-hybridized carbons (Fsp3) is 0.667. The number of hydrogen-bond acceptors (Lipinski definition) is 4. The van der Waals surface area contributed by atoms with E-state index in [0.29, 0.717) is 18.6 Å². The second kappa shape index (κ2) is 9.67. The molecule has 0 amide bonds. The van der Waals surface area contributed by atoms with Crippen molar-refractivity contribution in [1.29, 1.82) is 0 Å². The molecule has 28 heavy (non-hydrogen) atoms. The standard InChI is InChI=1S/C21H33FN4O2/c1-15(26-9-10-27-14-16(26)2)11-24-21(23-4)25-12-17(3)28-20(13-25)18-5-7-19(22)8-6-18/h5-8,15-17,20H,9-14H2,1-4H3,(H,23,24). The minimum atomic E-state index is -0.228. The van der Waals surface area contributed by atoms with E-state index in [1.165, 1.54) is 12.1 Å². The Morgan fingerprint density at radius 3 is 2.71 bits per heavy atom. The molecule has 156 valence electrons. The van der Waals surface area contributed by atoms with Crippen molar-refractivity contribution >= 4 is 5.96 Å². The first kappa shape index (κ1) is 21.0. The molecule has 1 aromatic carbocycles. The molecule has 0 aromatic heterocycles. The minimum Gasteiger partial charge on any atom is -0.379 e. The van der Waals surface area contributed by atoms with E-state index in [-0.39, 0.29) is 18.0 Å². The van der Waals surface area contributed by atoms with E-state index >= 15 is 0 Å². The number of aliphatic imine (C=N–C) groups is 1. The maximum absolute atomic E-state index is 13.3. The van der Waals surface area contributed by atoms with E-state index in [1.807, 2.05) is 7.05 Å². The average molecular weight is 393 g/mol. The zero-order chi connectivity index (χ0) is 20.1. The number of hydrogen-bond donors (Lipinski definition) is 1. The lowest BCUT2D eigenvalue weighted by Gasteiger charge is -2.40. The molecule has 1 aromatic rings. The Bertz CT molecular complexity index is 654. The summed E-state index contributed by atoms with van der Waals surface area (Å²) in [7, 11) is 1.82. The zero-order valence-corrected chi connectivity index (χ0v) is 17.4. The maximum Gasteiger partial charge on any atom is 0.193 e. The number of rotatable bonds is 4.